The minimum Gasteiger partial charge on any atom is -0.476 e. The van der Waals surface area contributed by atoms with E-state index in [0.29, 0.717) is 27.0 Å². The smallest absolute Gasteiger partial charge is 0.355 e. The average Bonchev–Trinajstić information content (AvgIpc) is 2.59. The zero-order valence-electron chi connectivity index (χ0n) is 15.7. The predicted octanol–water partition coefficient (Wildman–Crippen LogP) is 7.15. The van der Waals surface area contributed by atoms with Crippen molar-refractivity contribution in [1.29, 1.82) is 0 Å². The number of aromatic carboxylic acids is 1. The molecule has 0 aliphatic carbocycles. The summed E-state index contributed by atoms with van der Waals surface area (Å²) in [4.78, 5) is 16.5. The van der Waals surface area contributed by atoms with Gasteiger partial charge in [0.05, 0.1) is 10.5 Å². The quantitative estimate of drug-likeness (QED) is 0.504. The van der Waals surface area contributed by atoms with E-state index in [4.69, 9.17) is 23.2 Å². The van der Waals surface area contributed by atoms with Gasteiger partial charge in [0.15, 0.2) is 5.69 Å². The van der Waals surface area contributed by atoms with Crippen LogP contribution in [0.1, 0.15) is 61.1 Å². The summed E-state index contributed by atoms with van der Waals surface area (Å²) in [6, 6.07) is 11.4. The number of fused-ring (bicyclic) bond motifs is 1. The van der Waals surface area contributed by atoms with E-state index in [1.807, 2.05) is 44.2 Å². The van der Waals surface area contributed by atoms with Crippen molar-refractivity contribution in [3.8, 4) is 11.1 Å². The first-order valence-electron chi connectivity index (χ1n) is 8.87. The van der Waals surface area contributed by atoms with Gasteiger partial charge in [0.2, 0.25) is 0 Å². The number of carbonyl (C=O) groups is 1. The Bertz CT molecular complexity index is 1040. The third-order valence-electron chi connectivity index (χ3n) is 4.67. The van der Waals surface area contributed by atoms with E-state index in [1.165, 1.54) is 0 Å². The number of rotatable bonds is 4. The number of hydrogen-bond acceptors (Lipinski definition) is 2. The molecule has 1 heterocycles. The van der Waals surface area contributed by atoms with E-state index in [2.05, 4.69) is 18.8 Å². The minimum atomic E-state index is -1.07. The van der Waals surface area contributed by atoms with Gasteiger partial charge in [0.25, 0.3) is 0 Å². The van der Waals surface area contributed by atoms with Crippen LogP contribution in [-0.2, 0) is 0 Å². The van der Waals surface area contributed by atoms with E-state index in [-0.39, 0.29) is 11.6 Å². The average molecular weight is 402 g/mol. The van der Waals surface area contributed by atoms with Crippen LogP contribution < -0.4 is 0 Å². The second-order valence-corrected chi connectivity index (χ2v) is 8.12. The Labute approximate surface area is 169 Å². The summed E-state index contributed by atoms with van der Waals surface area (Å²) in [7, 11) is 0. The van der Waals surface area contributed by atoms with Gasteiger partial charge in [-0.2, -0.15) is 0 Å². The van der Waals surface area contributed by atoms with Gasteiger partial charge in [-0.1, -0.05) is 75.2 Å². The molecule has 3 aromatic rings. The maximum atomic E-state index is 12.1. The van der Waals surface area contributed by atoms with Crippen LogP contribution in [-0.4, -0.2) is 16.1 Å². The highest BCUT2D eigenvalue weighted by Crippen LogP contribution is 2.40. The lowest BCUT2D eigenvalue weighted by Gasteiger charge is -2.20. The fourth-order valence-corrected chi connectivity index (χ4v) is 3.95. The predicted molar refractivity (Wildman–Crippen MR) is 112 cm³/mol. The van der Waals surface area contributed by atoms with E-state index in [9.17, 15) is 9.90 Å². The number of carboxylic acids is 1. The second kappa shape index (κ2) is 7.49. The molecule has 0 spiro atoms. The minimum absolute atomic E-state index is 0.0105. The summed E-state index contributed by atoms with van der Waals surface area (Å²) >= 11 is 12.6. The molecule has 1 N–H and O–H groups in total. The number of nitrogens with zero attached hydrogens (tertiary/aromatic N) is 1. The summed E-state index contributed by atoms with van der Waals surface area (Å²) in [5, 5.41) is 11.5. The van der Waals surface area contributed by atoms with Crippen LogP contribution in [0.4, 0.5) is 0 Å². The summed E-state index contributed by atoms with van der Waals surface area (Å²) in [6.45, 7) is 8.29. The summed E-state index contributed by atoms with van der Waals surface area (Å²) < 4.78 is 0. The van der Waals surface area contributed by atoms with Crippen LogP contribution in [0, 0.1) is 0 Å². The number of halogens is 2. The van der Waals surface area contributed by atoms with E-state index < -0.39 is 5.97 Å². The van der Waals surface area contributed by atoms with Crippen molar-refractivity contribution in [2.24, 2.45) is 0 Å². The van der Waals surface area contributed by atoms with Gasteiger partial charge in [0.1, 0.15) is 0 Å². The second-order valence-electron chi connectivity index (χ2n) is 7.27. The first-order chi connectivity index (χ1) is 12.7. The van der Waals surface area contributed by atoms with Crippen LogP contribution in [0.5, 0.6) is 0 Å². The fourth-order valence-electron chi connectivity index (χ4n) is 3.41. The molecule has 1 aromatic heterocycles. The third kappa shape index (κ3) is 3.67. The molecule has 0 aliphatic rings. The summed E-state index contributed by atoms with van der Waals surface area (Å²) in [6.07, 6.45) is 0. The maximum Gasteiger partial charge on any atom is 0.355 e. The third-order valence-corrected chi connectivity index (χ3v) is 5.18. The largest absolute Gasteiger partial charge is 0.476 e. The highest BCUT2D eigenvalue weighted by atomic mass is 35.5. The first kappa shape index (κ1) is 19.7. The van der Waals surface area contributed by atoms with Crippen LogP contribution in [0.15, 0.2) is 36.4 Å². The molecule has 3 rings (SSSR count). The van der Waals surface area contributed by atoms with Crippen molar-refractivity contribution >= 4 is 40.1 Å². The van der Waals surface area contributed by atoms with Crippen molar-refractivity contribution in [1.82, 2.24) is 4.98 Å². The molecule has 0 fully saturated rings. The molecule has 2 aromatic carbocycles. The zero-order valence-corrected chi connectivity index (χ0v) is 17.2. The van der Waals surface area contributed by atoms with Crippen molar-refractivity contribution in [3.05, 3.63) is 63.3 Å². The molecule has 0 saturated carbocycles. The lowest BCUT2D eigenvalue weighted by Crippen LogP contribution is -2.09. The summed E-state index contributed by atoms with van der Waals surface area (Å²) in [5.41, 5.74) is 3.98. The monoisotopic (exact) mass is 401 g/mol. The van der Waals surface area contributed by atoms with Crippen molar-refractivity contribution in [2.75, 3.05) is 0 Å². The Morgan fingerprint density at radius 3 is 2.33 bits per heavy atom. The lowest BCUT2D eigenvalue weighted by molar-refractivity contribution is 0.0691. The number of pyridine rings is 1. The van der Waals surface area contributed by atoms with Crippen LogP contribution in [0.2, 0.25) is 10.0 Å². The number of benzene rings is 2. The van der Waals surface area contributed by atoms with Gasteiger partial charge in [-0.3, -0.25) is 0 Å². The van der Waals surface area contributed by atoms with Crippen LogP contribution >= 0.6 is 23.2 Å². The maximum absolute atomic E-state index is 12.1. The molecule has 5 heteroatoms. The Morgan fingerprint density at radius 1 is 1.04 bits per heavy atom. The number of hydrogen-bond donors (Lipinski definition) is 1. The van der Waals surface area contributed by atoms with Gasteiger partial charge in [-0.15, -0.1) is 0 Å². The molecule has 0 atom stereocenters. The summed E-state index contributed by atoms with van der Waals surface area (Å²) in [5.74, 6) is -0.686. The highest BCUT2D eigenvalue weighted by Gasteiger charge is 2.24. The first-order valence-corrected chi connectivity index (χ1v) is 9.62. The molecule has 0 amide bonds. The van der Waals surface area contributed by atoms with Crippen molar-refractivity contribution < 1.29 is 9.90 Å². The molecule has 3 nitrogen and oxygen atoms in total. The Morgan fingerprint density at radius 2 is 1.74 bits per heavy atom. The van der Waals surface area contributed by atoms with E-state index in [1.54, 1.807) is 6.07 Å². The van der Waals surface area contributed by atoms with Crippen molar-refractivity contribution in [3.63, 3.8) is 0 Å². The Kier molecular flexibility index (Phi) is 5.45. The molecule has 0 saturated heterocycles. The zero-order chi connectivity index (χ0) is 19.9. The molecule has 27 heavy (non-hydrogen) atoms. The Hall–Kier alpha value is -2.10. The van der Waals surface area contributed by atoms with Gasteiger partial charge in [0, 0.05) is 16.0 Å². The van der Waals surface area contributed by atoms with Gasteiger partial charge in [-0.25, -0.2) is 9.78 Å². The molecule has 0 unspecified atom stereocenters. The lowest BCUT2D eigenvalue weighted by atomic mass is 9.87. The topological polar surface area (TPSA) is 50.2 Å². The molecular weight excluding hydrogens is 381 g/mol. The van der Waals surface area contributed by atoms with Crippen molar-refractivity contribution in [2.45, 2.75) is 39.5 Å². The highest BCUT2D eigenvalue weighted by molar-refractivity contribution is 6.38. The van der Waals surface area contributed by atoms with Crippen LogP contribution in [0.3, 0.4) is 0 Å². The van der Waals surface area contributed by atoms with Gasteiger partial charge < -0.3 is 5.11 Å². The van der Waals surface area contributed by atoms with E-state index in [0.717, 1.165) is 22.1 Å². The Balaban J connectivity index is 2.50. The van der Waals surface area contributed by atoms with Gasteiger partial charge in [-0.05, 0) is 40.7 Å². The standard InChI is InChI=1S/C22H21Cl2NO2/c1-11(2)13-6-5-7-14(8-13)19-18(12(3)4)16-9-15(23)10-17(24)20(16)25-21(19)22(26)27/h5-12H,1-4H3,(H,26,27). The molecule has 140 valence electrons. The van der Waals surface area contributed by atoms with Gasteiger partial charge >= 0.3 is 5.97 Å². The molecular formula is C22H21Cl2NO2. The number of aromatic nitrogens is 1. The SMILES string of the molecule is CC(C)c1cccc(-c2c(C(=O)O)nc3c(Cl)cc(Cl)cc3c2C(C)C)c1. The molecule has 0 bridgehead atoms. The molecule has 0 aliphatic heterocycles. The van der Waals surface area contributed by atoms with Crippen LogP contribution in [0.25, 0.3) is 22.0 Å². The number of carboxylic acid groups (broad SMARTS) is 1. The fraction of sp³-hybridized carbons (Fsp3) is 0.273. The normalized spacial score (nSPS) is 11.6. The molecule has 0 radical (unpaired) electrons. The van der Waals surface area contributed by atoms with E-state index >= 15 is 0 Å².